The van der Waals surface area contributed by atoms with Crippen LogP contribution in [0, 0.1) is 11.3 Å². The summed E-state index contributed by atoms with van der Waals surface area (Å²) in [4.78, 5) is 17.2. The van der Waals surface area contributed by atoms with Crippen molar-refractivity contribution in [2.45, 2.75) is 56.9 Å². The summed E-state index contributed by atoms with van der Waals surface area (Å²) in [5.74, 6) is 0.569. The first-order valence-corrected chi connectivity index (χ1v) is 13.6. The van der Waals surface area contributed by atoms with Crippen molar-refractivity contribution in [1.82, 2.24) is 4.98 Å². The highest BCUT2D eigenvalue weighted by Gasteiger charge is 2.17. The van der Waals surface area contributed by atoms with E-state index in [-0.39, 0.29) is 11.7 Å². The van der Waals surface area contributed by atoms with Crippen LogP contribution >= 0.6 is 11.8 Å². The minimum atomic E-state index is -0.284. The number of hydrogen-bond donors (Lipinski definition) is 0. The molecule has 6 heteroatoms. The number of carbonyl (C=O) groups excluding carboxylic acids is 1. The Hall–Kier alpha value is -3.30. The Labute approximate surface area is 218 Å². The quantitative estimate of drug-likeness (QED) is 0.128. The fourth-order valence-corrected chi connectivity index (χ4v) is 4.70. The van der Waals surface area contributed by atoms with Gasteiger partial charge >= 0.3 is 5.97 Å². The summed E-state index contributed by atoms with van der Waals surface area (Å²) in [5, 5.41) is 10.5. The van der Waals surface area contributed by atoms with Gasteiger partial charge in [0.05, 0.1) is 30.7 Å². The molecule has 0 fully saturated rings. The van der Waals surface area contributed by atoms with Crippen LogP contribution in [0.15, 0.2) is 65.7 Å². The van der Waals surface area contributed by atoms with Gasteiger partial charge in [0.1, 0.15) is 16.8 Å². The molecular weight excluding hydrogens is 468 g/mol. The first kappa shape index (κ1) is 27.3. The van der Waals surface area contributed by atoms with E-state index in [1.165, 1.54) is 43.9 Å². The maximum absolute atomic E-state index is 12.4. The number of carbonyl (C=O) groups is 1. The molecule has 36 heavy (non-hydrogen) atoms. The number of benzene rings is 2. The maximum atomic E-state index is 12.4. The summed E-state index contributed by atoms with van der Waals surface area (Å²) < 4.78 is 10.7. The molecule has 0 saturated heterocycles. The maximum Gasteiger partial charge on any atom is 0.316 e. The number of pyridine rings is 1. The number of unbranched alkanes of at least 4 members (excludes halogenated alkanes) is 6. The smallest absolute Gasteiger partial charge is 0.316 e. The van der Waals surface area contributed by atoms with E-state index < -0.39 is 0 Å². The third-order valence-corrected chi connectivity index (χ3v) is 6.86. The van der Waals surface area contributed by atoms with Gasteiger partial charge in [-0.25, -0.2) is 4.98 Å². The van der Waals surface area contributed by atoms with Crippen LogP contribution in [0.2, 0.25) is 0 Å². The first-order chi connectivity index (χ1) is 17.7. The molecule has 0 radical (unpaired) electrons. The molecule has 3 rings (SSSR count). The van der Waals surface area contributed by atoms with Gasteiger partial charge in [0.25, 0.3) is 0 Å². The van der Waals surface area contributed by atoms with Crippen LogP contribution in [0.1, 0.15) is 57.4 Å². The zero-order valence-electron chi connectivity index (χ0n) is 21.2. The van der Waals surface area contributed by atoms with Crippen LogP contribution in [0.3, 0.4) is 0 Å². The summed E-state index contributed by atoms with van der Waals surface area (Å²) in [5.41, 5.74) is 3.80. The predicted octanol–water partition coefficient (Wildman–Crippen LogP) is 7.68. The largest absolute Gasteiger partial charge is 0.497 e. The lowest BCUT2D eigenvalue weighted by Gasteiger charge is -2.13. The van der Waals surface area contributed by atoms with Gasteiger partial charge in [-0.3, -0.25) is 4.79 Å². The fraction of sp³-hybridized carbons (Fsp3) is 0.367. The summed E-state index contributed by atoms with van der Waals surface area (Å²) >= 11 is 1.25. The zero-order chi connectivity index (χ0) is 25.6. The van der Waals surface area contributed by atoms with Gasteiger partial charge in [-0.15, -0.1) is 0 Å². The van der Waals surface area contributed by atoms with E-state index in [0.717, 1.165) is 41.0 Å². The topological polar surface area (TPSA) is 72.2 Å². The van der Waals surface area contributed by atoms with Crippen LogP contribution in [-0.4, -0.2) is 30.4 Å². The van der Waals surface area contributed by atoms with Gasteiger partial charge in [-0.2, -0.15) is 5.26 Å². The molecule has 0 amide bonds. The molecule has 0 saturated carbocycles. The number of thioether (sulfide) groups is 1. The van der Waals surface area contributed by atoms with E-state index in [2.05, 4.69) is 13.0 Å². The van der Waals surface area contributed by atoms with Crippen molar-refractivity contribution in [1.29, 1.82) is 5.26 Å². The van der Waals surface area contributed by atoms with Crippen molar-refractivity contribution >= 4 is 17.7 Å². The standard InChI is InChI=1S/C30H34N2O3S/c1-3-4-5-6-7-8-12-19-35-29(33)22-36-30-27(21-31)26(23-15-17-25(34-2)18-16-23)20-28(32-30)24-13-10-9-11-14-24/h9-11,13-18,20H,3-8,12,19,22H2,1-2H3. The lowest BCUT2D eigenvalue weighted by atomic mass is 9.99. The second-order valence-electron chi connectivity index (χ2n) is 8.57. The van der Waals surface area contributed by atoms with E-state index >= 15 is 0 Å². The fourth-order valence-electron chi connectivity index (χ4n) is 3.90. The Bertz CT molecular complexity index is 1140. The Balaban J connectivity index is 1.71. The molecule has 0 aliphatic rings. The molecule has 1 heterocycles. The number of aromatic nitrogens is 1. The van der Waals surface area contributed by atoms with Crippen LogP contribution < -0.4 is 4.74 Å². The van der Waals surface area contributed by atoms with Crippen molar-refractivity contribution < 1.29 is 14.3 Å². The van der Waals surface area contributed by atoms with Gasteiger partial charge in [0.2, 0.25) is 0 Å². The zero-order valence-corrected chi connectivity index (χ0v) is 22.0. The van der Waals surface area contributed by atoms with E-state index in [0.29, 0.717) is 17.2 Å². The van der Waals surface area contributed by atoms with Gasteiger partial charge in [0, 0.05) is 11.1 Å². The minimum Gasteiger partial charge on any atom is -0.497 e. The molecule has 1 aromatic heterocycles. The molecule has 5 nitrogen and oxygen atoms in total. The lowest BCUT2D eigenvalue weighted by molar-refractivity contribution is -0.140. The Morgan fingerprint density at radius 3 is 2.31 bits per heavy atom. The number of nitriles is 1. The number of hydrogen-bond acceptors (Lipinski definition) is 6. The van der Waals surface area contributed by atoms with Gasteiger partial charge in [-0.05, 0) is 30.2 Å². The summed E-state index contributed by atoms with van der Waals surface area (Å²) in [6.07, 6.45) is 8.20. The molecule has 0 aliphatic carbocycles. The highest BCUT2D eigenvalue weighted by molar-refractivity contribution is 7.99. The van der Waals surface area contributed by atoms with E-state index in [1.807, 2.05) is 60.7 Å². The summed E-state index contributed by atoms with van der Waals surface area (Å²) in [7, 11) is 1.62. The Morgan fingerprint density at radius 2 is 1.64 bits per heavy atom. The molecule has 0 spiro atoms. The highest BCUT2D eigenvalue weighted by Crippen LogP contribution is 2.34. The van der Waals surface area contributed by atoms with Crippen molar-refractivity contribution in [3.8, 4) is 34.2 Å². The minimum absolute atomic E-state index is 0.110. The second kappa shape index (κ2) is 15.0. The van der Waals surface area contributed by atoms with Gasteiger partial charge in [0.15, 0.2) is 0 Å². The number of rotatable bonds is 14. The second-order valence-corrected chi connectivity index (χ2v) is 9.54. The van der Waals surface area contributed by atoms with Crippen molar-refractivity contribution in [2.75, 3.05) is 19.5 Å². The van der Waals surface area contributed by atoms with E-state index in [1.54, 1.807) is 7.11 Å². The first-order valence-electron chi connectivity index (χ1n) is 12.6. The van der Waals surface area contributed by atoms with Crippen LogP contribution in [-0.2, 0) is 9.53 Å². The number of nitrogens with zero attached hydrogens (tertiary/aromatic N) is 2. The molecule has 0 aliphatic heterocycles. The molecule has 0 bridgehead atoms. The number of esters is 1. The van der Waals surface area contributed by atoms with E-state index in [4.69, 9.17) is 14.5 Å². The molecule has 3 aromatic rings. The van der Waals surface area contributed by atoms with Gasteiger partial charge in [-0.1, -0.05) is 99.7 Å². The average molecular weight is 503 g/mol. The normalized spacial score (nSPS) is 10.6. The monoisotopic (exact) mass is 502 g/mol. The summed E-state index contributed by atoms with van der Waals surface area (Å²) in [6, 6.07) is 21.7. The van der Waals surface area contributed by atoms with Crippen LogP contribution in [0.5, 0.6) is 5.75 Å². The van der Waals surface area contributed by atoms with Crippen LogP contribution in [0.4, 0.5) is 0 Å². The molecule has 0 unspecified atom stereocenters. The third-order valence-electron chi connectivity index (χ3n) is 5.91. The molecule has 188 valence electrons. The summed E-state index contributed by atoms with van der Waals surface area (Å²) in [6.45, 7) is 2.65. The van der Waals surface area contributed by atoms with Crippen molar-refractivity contribution in [3.05, 3.63) is 66.2 Å². The molecule has 0 atom stereocenters. The Kier molecular flexibility index (Phi) is 11.3. The lowest BCUT2D eigenvalue weighted by Crippen LogP contribution is -2.09. The van der Waals surface area contributed by atoms with Crippen molar-refractivity contribution in [3.63, 3.8) is 0 Å². The van der Waals surface area contributed by atoms with Crippen molar-refractivity contribution in [2.24, 2.45) is 0 Å². The number of ether oxygens (including phenoxy) is 2. The molecular formula is C30H34N2O3S. The predicted molar refractivity (Wildman–Crippen MR) is 146 cm³/mol. The number of methoxy groups -OCH3 is 1. The average Bonchev–Trinajstić information content (AvgIpc) is 2.93. The highest BCUT2D eigenvalue weighted by atomic mass is 32.2. The molecule has 2 aromatic carbocycles. The van der Waals surface area contributed by atoms with Crippen LogP contribution in [0.25, 0.3) is 22.4 Å². The van der Waals surface area contributed by atoms with E-state index in [9.17, 15) is 10.1 Å². The molecule has 0 N–H and O–H groups in total. The Morgan fingerprint density at radius 1 is 0.944 bits per heavy atom. The SMILES string of the molecule is CCCCCCCCCOC(=O)CSc1nc(-c2ccccc2)cc(-c2ccc(OC)cc2)c1C#N. The van der Waals surface area contributed by atoms with Gasteiger partial charge < -0.3 is 9.47 Å². The third kappa shape index (κ3) is 8.13.